The maximum atomic E-state index is 13.4. The van der Waals surface area contributed by atoms with Crippen molar-refractivity contribution >= 4 is 5.97 Å². The number of nitrogens with two attached hydrogens (primary N) is 1. The third-order valence-electron chi connectivity index (χ3n) is 2.57. The molecule has 0 radical (unpaired) electrons. The number of carboxylic acid groups (broad SMARTS) is 1. The molecule has 1 aromatic rings. The first-order valence-corrected chi connectivity index (χ1v) is 4.63. The SMILES string of the molecule is Cc1ccccc1C(N)(C(=O)O)C(C)F. The second-order valence-electron chi connectivity index (χ2n) is 3.61. The molecule has 0 saturated carbocycles. The molecule has 15 heavy (non-hydrogen) atoms. The third kappa shape index (κ3) is 1.85. The quantitative estimate of drug-likeness (QED) is 0.798. The van der Waals surface area contributed by atoms with Crippen molar-refractivity contribution in [2.24, 2.45) is 5.73 Å². The summed E-state index contributed by atoms with van der Waals surface area (Å²) < 4.78 is 13.4. The fraction of sp³-hybridized carbons (Fsp3) is 0.364. The largest absolute Gasteiger partial charge is 0.480 e. The van der Waals surface area contributed by atoms with Gasteiger partial charge in [-0.15, -0.1) is 0 Å². The fourth-order valence-electron chi connectivity index (χ4n) is 1.54. The van der Waals surface area contributed by atoms with Gasteiger partial charge in [-0.3, -0.25) is 0 Å². The molecular formula is C11H14FNO2. The first-order chi connectivity index (χ1) is 6.90. The molecule has 1 rings (SSSR count). The van der Waals surface area contributed by atoms with Crippen molar-refractivity contribution < 1.29 is 14.3 Å². The first-order valence-electron chi connectivity index (χ1n) is 4.63. The molecule has 0 aliphatic heterocycles. The highest BCUT2D eigenvalue weighted by molar-refractivity contribution is 5.81. The second kappa shape index (κ2) is 3.98. The Kier molecular flexibility index (Phi) is 3.09. The molecule has 0 aliphatic rings. The van der Waals surface area contributed by atoms with E-state index in [9.17, 15) is 9.18 Å². The molecule has 0 aliphatic carbocycles. The van der Waals surface area contributed by atoms with Crippen LogP contribution in [0.3, 0.4) is 0 Å². The first kappa shape index (κ1) is 11.7. The van der Waals surface area contributed by atoms with Gasteiger partial charge in [0.05, 0.1) is 0 Å². The van der Waals surface area contributed by atoms with Gasteiger partial charge in [0, 0.05) is 0 Å². The van der Waals surface area contributed by atoms with Crippen LogP contribution in [-0.2, 0) is 10.3 Å². The van der Waals surface area contributed by atoms with E-state index < -0.39 is 17.7 Å². The Morgan fingerprint density at radius 3 is 2.47 bits per heavy atom. The minimum absolute atomic E-state index is 0.313. The maximum Gasteiger partial charge on any atom is 0.331 e. The van der Waals surface area contributed by atoms with E-state index in [1.54, 1.807) is 31.2 Å². The summed E-state index contributed by atoms with van der Waals surface area (Å²) in [5, 5.41) is 9.02. The Balaban J connectivity index is 3.34. The van der Waals surface area contributed by atoms with Gasteiger partial charge in [-0.25, -0.2) is 9.18 Å². The molecule has 2 atom stereocenters. The number of alkyl halides is 1. The zero-order valence-corrected chi connectivity index (χ0v) is 8.70. The van der Waals surface area contributed by atoms with Crippen molar-refractivity contribution in [2.45, 2.75) is 25.6 Å². The van der Waals surface area contributed by atoms with Crippen molar-refractivity contribution in [1.82, 2.24) is 0 Å². The van der Waals surface area contributed by atoms with Crippen molar-refractivity contribution in [3.63, 3.8) is 0 Å². The monoisotopic (exact) mass is 211 g/mol. The predicted molar refractivity (Wildman–Crippen MR) is 55.3 cm³/mol. The van der Waals surface area contributed by atoms with Crippen LogP contribution in [0.1, 0.15) is 18.1 Å². The van der Waals surface area contributed by atoms with Crippen LogP contribution >= 0.6 is 0 Å². The molecule has 2 unspecified atom stereocenters. The molecule has 0 saturated heterocycles. The summed E-state index contributed by atoms with van der Waals surface area (Å²) in [7, 11) is 0. The standard InChI is InChI=1S/C11H14FNO2/c1-7-5-3-4-6-9(7)11(13,8(2)12)10(14)15/h3-6,8H,13H2,1-2H3,(H,14,15). The van der Waals surface area contributed by atoms with E-state index in [0.717, 1.165) is 6.92 Å². The molecule has 0 heterocycles. The van der Waals surface area contributed by atoms with Crippen LogP contribution in [0.15, 0.2) is 24.3 Å². The minimum Gasteiger partial charge on any atom is -0.480 e. The minimum atomic E-state index is -1.97. The summed E-state index contributed by atoms with van der Waals surface area (Å²) in [4.78, 5) is 11.1. The van der Waals surface area contributed by atoms with Gasteiger partial charge in [-0.2, -0.15) is 0 Å². The second-order valence-corrected chi connectivity index (χ2v) is 3.61. The highest BCUT2D eigenvalue weighted by Gasteiger charge is 2.43. The van der Waals surface area contributed by atoms with E-state index in [4.69, 9.17) is 10.8 Å². The number of hydrogen-bond acceptors (Lipinski definition) is 2. The summed E-state index contributed by atoms with van der Waals surface area (Å²) >= 11 is 0. The average Bonchev–Trinajstić information content (AvgIpc) is 2.16. The number of carbonyl (C=O) groups is 1. The Morgan fingerprint density at radius 1 is 1.53 bits per heavy atom. The lowest BCUT2D eigenvalue weighted by Gasteiger charge is -2.28. The number of carboxylic acids is 1. The van der Waals surface area contributed by atoms with Crippen molar-refractivity contribution in [3.05, 3.63) is 35.4 Å². The molecule has 3 N–H and O–H groups in total. The van der Waals surface area contributed by atoms with Crippen LogP contribution in [0, 0.1) is 6.92 Å². The Labute approximate surface area is 87.7 Å². The van der Waals surface area contributed by atoms with Gasteiger partial charge in [-0.1, -0.05) is 24.3 Å². The zero-order chi connectivity index (χ0) is 11.6. The molecule has 1 aromatic carbocycles. The number of halogens is 1. The number of aryl methyl sites for hydroxylation is 1. The lowest BCUT2D eigenvalue weighted by Crippen LogP contribution is -2.52. The lowest BCUT2D eigenvalue weighted by atomic mass is 9.84. The highest BCUT2D eigenvalue weighted by Crippen LogP contribution is 2.27. The summed E-state index contributed by atoms with van der Waals surface area (Å²) in [5.74, 6) is -1.35. The molecule has 0 fully saturated rings. The predicted octanol–water partition coefficient (Wildman–Crippen LogP) is 1.59. The van der Waals surface area contributed by atoms with Gasteiger partial charge in [0.2, 0.25) is 0 Å². The average molecular weight is 211 g/mol. The van der Waals surface area contributed by atoms with Gasteiger partial charge in [0.1, 0.15) is 6.17 Å². The Bertz CT molecular complexity index is 379. The van der Waals surface area contributed by atoms with E-state index in [-0.39, 0.29) is 0 Å². The molecular weight excluding hydrogens is 197 g/mol. The normalized spacial score (nSPS) is 16.8. The van der Waals surface area contributed by atoms with Crippen LogP contribution in [0.25, 0.3) is 0 Å². The third-order valence-corrected chi connectivity index (χ3v) is 2.57. The number of rotatable bonds is 3. The molecule has 3 nitrogen and oxygen atoms in total. The molecule has 0 spiro atoms. The maximum absolute atomic E-state index is 13.4. The van der Waals surface area contributed by atoms with Crippen LogP contribution in [-0.4, -0.2) is 17.2 Å². The summed E-state index contributed by atoms with van der Waals surface area (Å²) in [6, 6.07) is 6.65. The smallest absolute Gasteiger partial charge is 0.331 e. The summed E-state index contributed by atoms with van der Waals surface area (Å²) in [6.45, 7) is 2.86. The zero-order valence-electron chi connectivity index (χ0n) is 8.70. The molecule has 82 valence electrons. The van der Waals surface area contributed by atoms with Gasteiger partial charge < -0.3 is 10.8 Å². The van der Waals surface area contributed by atoms with Crippen LogP contribution < -0.4 is 5.73 Å². The van der Waals surface area contributed by atoms with E-state index in [2.05, 4.69) is 0 Å². The topological polar surface area (TPSA) is 63.3 Å². The molecule has 0 bridgehead atoms. The van der Waals surface area contributed by atoms with Crippen molar-refractivity contribution in [1.29, 1.82) is 0 Å². The van der Waals surface area contributed by atoms with E-state index in [1.165, 1.54) is 0 Å². The summed E-state index contributed by atoms with van der Waals surface area (Å²) in [5.41, 5.74) is 4.65. The van der Waals surface area contributed by atoms with Gasteiger partial charge in [0.25, 0.3) is 0 Å². The van der Waals surface area contributed by atoms with Gasteiger partial charge >= 0.3 is 5.97 Å². The van der Waals surface area contributed by atoms with Gasteiger partial charge in [-0.05, 0) is 25.0 Å². The lowest BCUT2D eigenvalue weighted by molar-refractivity contribution is -0.146. The van der Waals surface area contributed by atoms with Crippen molar-refractivity contribution in [3.8, 4) is 0 Å². The van der Waals surface area contributed by atoms with Crippen LogP contribution in [0.2, 0.25) is 0 Å². The van der Waals surface area contributed by atoms with E-state index in [1.807, 2.05) is 0 Å². The Hall–Kier alpha value is -1.42. The van der Waals surface area contributed by atoms with Gasteiger partial charge in [0.15, 0.2) is 5.54 Å². The van der Waals surface area contributed by atoms with E-state index >= 15 is 0 Å². The molecule has 0 amide bonds. The molecule has 4 heteroatoms. The fourth-order valence-corrected chi connectivity index (χ4v) is 1.54. The summed E-state index contributed by atoms with van der Waals surface area (Å²) in [6.07, 6.45) is -1.66. The van der Waals surface area contributed by atoms with Crippen LogP contribution in [0.5, 0.6) is 0 Å². The highest BCUT2D eigenvalue weighted by atomic mass is 19.1. The van der Waals surface area contributed by atoms with Crippen LogP contribution in [0.4, 0.5) is 4.39 Å². The number of hydrogen-bond donors (Lipinski definition) is 2. The number of benzene rings is 1. The van der Waals surface area contributed by atoms with E-state index in [0.29, 0.717) is 11.1 Å². The Morgan fingerprint density at radius 2 is 2.07 bits per heavy atom. The molecule has 0 aromatic heterocycles. The number of aliphatic carboxylic acids is 1. The van der Waals surface area contributed by atoms with Crippen molar-refractivity contribution in [2.75, 3.05) is 0 Å².